The molecule has 7 atom stereocenters. The second kappa shape index (κ2) is 8.77. The van der Waals surface area contributed by atoms with Crippen LogP contribution in [0.1, 0.15) is 81.6 Å². The van der Waals surface area contributed by atoms with Crippen LogP contribution >= 0.6 is 0 Å². The molecule has 0 radical (unpaired) electrons. The summed E-state index contributed by atoms with van der Waals surface area (Å²) < 4.78 is 12.0. The van der Waals surface area contributed by atoms with Crippen molar-refractivity contribution in [2.45, 2.75) is 110 Å². The lowest BCUT2D eigenvalue weighted by Crippen LogP contribution is -2.61. The van der Waals surface area contributed by atoms with Crippen molar-refractivity contribution in [3.63, 3.8) is 0 Å². The molecule has 8 heteroatoms. The van der Waals surface area contributed by atoms with Crippen molar-refractivity contribution in [3.8, 4) is 0 Å². The number of hydrogen-bond acceptors (Lipinski definition) is 6. The second-order valence-electron chi connectivity index (χ2n) is 12.6. The Morgan fingerprint density at radius 2 is 1.88 bits per heavy atom. The van der Waals surface area contributed by atoms with E-state index in [0.29, 0.717) is 12.8 Å². The molecule has 0 aromatic carbocycles. The van der Waals surface area contributed by atoms with Gasteiger partial charge >= 0.3 is 5.97 Å². The van der Waals surface area contributed by atoms with E-state index in [1.54, 1.807) is 6.92 Å². The van der Waals surface area contributed by atoms with E-state index in [4.69, 9.17) is 9.47 Å². The van der Waals surface area contributed by atoms with Crippen LogP contribution in [0.25, 0.3) is 0 Å². The van der Waals surface area contributed by atoms with Gasteiger partial charge in [0.05, 0.1) is 30.8 Å². The van der Waals surface area contributed by atoms with Crippen LogP contribution in [-0.2, 0) is 23.9 Å². The number of nitrogens with one attached hydrogen (secondary N) is 1. The predicted octanol–water partition coefficient (Wildman–Crippen LogP) is 2.66. The fourth-order valence-electron chi connectivity index (χ4n) is 7.15. The fourth-order valence-corrected chi connectivity index (χ4v) is 7.15. The number of amides is 2. The number of ether oxygens (including phenoxy) is 2. The first-order chi connectivity index (χ1) is 15.6. The summed E-state index contributed by atoms with van der Waals surface area (Å²) in [5.74, 6) is -2.69. The predicted molar refractivity (Wildman–Crippen MR) is 128 cm³/mol. The molecule has 0 aromatic heterocycles. The minimum Gasteiger partial charge on any atom is -0.466 e. The number of rotatable bonds is 8. The molecule has 3 aliphatic rings. The van der Waals surface area contributed by atoms with E-state index in [-0.39, 0.29) is 36.4 Å². The molecule has 34 heavy (non-hydrogen) atoms. The summed E-state index contributed by atoms with van der Waals surface area (Å²) in [6, 6.07) is -1.47. The molecule has 3 fully saturated rings. The molecule has 194 valence electrons. The first-order valence-electron chi connectivity index (χ1n) is 12.7. The molecule has 3 rings (SSSR count). The lowest BCUT2D eigenvalue weighted by molar-refractivity contribution is -0.162. The maximum Gasteiger partial charge on any atom is 0.312 e. The fraction of sp³-hybridized carbons (Fsp3) is 0.885. The highest BCUT2D eigenvalue weighted by molar-refractivity contribution is 5.99. The molecule has 0 saturated carbocycles. The zero-order valence-corrected chi connectivity index (χ0v) is 22.4. The van der Waals surface area contributed by atoms with Crippen LogP contribution in [0.3, 0.4) is 0 Å². The van der Waals surface area contributed by atoms with Gasteiger partial charge in [-0.2, -0.15) is 0 Å². The van der Waals surface area contributed by atoms with Gasteiger partial charge in [-0.25, -0.2) is 0 Å². The maximum atomic E-state index is 14.0. The lowest BCUT2D eigenvalue weighted by Gasteiger charge is -2.40. The summed E-state index contributed by atoms with van der Waals surface area (Å²) in [6.07, 6.45) is 1.71. The summed E-state index contributed by atoms with van der Waals surface area (Å²) >= 11 is 0. The number of esters is 1. The standard InChI is InChI=1S/C26H44N2O6/c1-10-16(13-29)28-19(20(30)27-24(7,8)14-23(4,5)6)26-12-15(3)25(9,34-26)18(17(26)21(28)31)22(32)33-11-2/h15-19,29H,10-14H2,1-9H3,(H,27,30)/t15?,16-,17-,18+,19?,25-,26?/m0/s1. The summed E-state index contributed by atoms with van der Waals surface area (Å²) in [7, 11) is 0. The summed E-state index contributed by atoms with van der Waals surface area (Å²) in [5, 5.41) is 13.3. The molecule has 3 saturated heterocycles. The average molecular weight is 481 g/mol. The molecule has 1 spiro atoms. The van der Waals surface area contributed by atoms with Gasteiger partial charge in [0.15, 0.2) is 0 Å². The van der Waals surface area contributed by atoms with Gasteiger partial charge < -0.3 is 24.8 Å². The number of carbonyl (C=O) groups excluding carboxylic acids is 3. The number of likely N-dealkylation sites (tertiary alicyclic amines) is 1. The van der Waals surface area contributed by atoms with E-state index in [1.165, 1.54) is 4.90 Å². The molecule has 0 aromatic rings. The molecule has 3 unspecified atom stereocenters. The third-order valence-electron chi connectivity index (χ3n) is 8.05. The zero-order valence-electron chi connectivity index (χ0n) is 22.4. The molecule has 2 bridgehead atoms. The van der Waals surface area contributed by atoms with Crippen LogP contribution in [-0.4, -0.2) is 69.8 Å². The van der Waals surface area contributed by atoms with Crippen LogP contribution in [0.5, 0.6) is 0 Å². The van der Waals surface area contributed by atoms with Gasteiger partial charge in [0, 0.05) is 5.54 Å². The van der Waals surface area contributed by atoms with Crippen LogP contribution in [0.4, 0.5) is 0 Å². The molecular formula is C26H44N2O6. The van der Waals surface area contributed by atoms with E-state index >= 15 is 0 Å². The number of aliphatic hydroxyl groups excluding tert-OH is 1. The van der Waals surface area contributed by atoms with E-state index in [1.807, 2.05) is 34.6 Å². The number of hydrogen-bond donors (Lipinski definition) is 2. The molecule has 2 N–H and O–H groups in total. The molecule has 8 nitrogen and oxygen atoms in total. The van der Waals surface area contributed by atoms with Crippen molar-refractivity contribution >= 4 is 17.8 Å². The van der Waals surface area contributed by atoms with Crippen molar-refractivity contribution in [1.82, 2.24) is 10.2 Å². The van der Waals surface area contributed by atoms with Crippen molar-refractivity contribution in [1.29, 1.82) is 0 Å². The molecular weight excluding hydrogens is 436 g/mol. The van der Waals surface area contributed by atoms with Gasteiger partial charge in [-0.3, -0.25) is 14.4 Å². The van der Waals surface area contributed by atoms with E-state index in [2.05, 4.69) is 26.1 Å². The van der Waals surface area contributed by atoms with Crippen LogP contribution < -0.4 is 5.32 Å². The van der Waals surface area contributed by atoms with Crippen LogP contribution in [0.2, 0.25) is 0 Å². The van der Waals surface area contributed by atoms with Crippen molar-refractivity contribution in [3.05, 3.63) is 0 Å². The van der Waals surface area contributed by atoms with Crippen LogP contribution in [0.15, 0.2) is 0 Å². The Bertz CT molecular complexity index is 832. The van der Waals surface area contributed by atoms with Gasteiger partial charge in [-0.1, -0.05) is 34.6 Å². The second-order valence-corrected chi connectivity index (χ2v) is 12.6. The minimum absolute atomic E-state index is 0.0147. The van der Waals surface area contributed by atoms with Gasteiger partial charge in [-0.05, 0) is 58.3 Å². The highest BCUT2D eigenvalue weighted by Gasteiger charge is 2.80. The SMILES string of the molecule is CCOC(=O)[C@H]1[C@H]2C(=O)N([C@@H](CC)CO)C(C(=O)NC(C)(C)CC(C)(C)C)C23CC(C)[C@]1(C)O3. The topological polar surface area (TPSA) is 105 Å². The monoisotopic (exact) mass is 480 g/mol. The number of nitrogens with zero attached hydrogens (tertiary/aromatic N) is 1. The van der Waals surface area contributed by atoms with Crippen molar-refractivity contribution < 1.29 is 29.0 Å². The number of aliphatic hydroxyl groups is 1. The third kappa shape index (κ3) is 4.15. The zero-order chi connectivity index (χ0) is 25.9. The Kier molecular flexibility index (Phi) is 6.94. The van der Waals surface area contributed by atoms with Crippen molar-refractivity contribution in [2.75, 3.05) is 13.2 Å². The summed E-state index contributed by atoms with van der Waals surface area (Å²) in [4.78, 5) is 42.6. The average Bonchev–Trinajstić information content (AvgIpc) is 3.18. The highest BCUT2D eigenvalue weighted by Crippen LogP contribution is 2.65. The van der Waals surface area contributed by atoms with Gasteiger partial charge in [0.25, 0.3) is 0 Å². The maximum absolute atomic E-state index is 14.0. The normalized spacial score (nSPS) is 35.9. The summed E-state index contributed by atoms with van der Waals surface area (Å²) in [6.45, 7) is 17.7. The Balaban J connectivity index is 2.09. The van der Waals surface area contributed by atoms with E-state index in [0.717, 1.165) is 6.42 Å². The van der Waals surface area contributed by atoms with Gasteiger partial charge in [0.2, 0.25) is 11.8 Å². The lowest BCUT2D eigenvalue weighted by atomic mass is 9.62. The smallest absolute Gasteiger partial charge is 0.312 e. The third-order valence-corrected chi connectivity index (χ3v) is 8.05. The Labute approximate surface area is 204 Å². The number of carbonyl (C=O) groups is 3. The Morgan fingerprint density at radius 1 is 1.26 bits per heavy atom. The van der Waals surface area contributed by atoms with E-state index < -0.39 is 46.6 Å². The largest absolute Gasteiger partial charge is 0.466 e. The molecule has 0 aliphatic carbocycles. The minimum atomic E-state index is -1.13. The first kappa shape index (κ1) is 26.9. The first-order valence-corrected chi connectivity index (χ1v) is 12.7. The van der Waals surface area contributed by atoms with Gasteiger partial charge in [-0.15, -0.1) is 0 Å². The quantitative estimate of drug-likeness (QED) is 0.518. The summed E-state index contributed by atoms with van der Waals surface area (Å²) in [5.41, 5.74) is -2.56. The van der Waals surface area contributed by atoms with Crippen molar-refractivity contribution in [2.24, 2.45) is 23.2 Å². The number of fused-ring (bicyclic) bond motifs is 1. The van der Waals surface area contributed by atoms with Gasteiger partial charge in [0.1, 0.15) is 17.6 Å². The Hall–Kier alpha value is -1.67. The molecule has 3 heterocycles. The van der Waals surface area contributed by atoms with Crippen LogP contribution in [0, 0.1) is 23.2 Å². The molecule has 2 amide bonds. The Morgan fingerprint density at radius 3 is 2.38 bits per heavy atom. The highest BCUT2D eigenvalue weighted by atomic mass is 16.6. The molecule has 3 aliphatic heterocycles. The van der Waals surface area contributed by atoms with E-state index in [9.17, 15) is 19.5 Å².